The normalized spacial score (nSPS) is 12.1. The number of nitro groups is 1. The molecule has 0 saturated carbocycles. The predicted molar refractivity (Wildman–Crippen MR) is 69.4 cm³/mol. The van der Waals surface area contributed by atoms with Crippen LogP contribution in [0.3, 0.4) is 0 Å². The van der Waals surface area contributed by atoms with Crippen molar-refractivity contribution < 1.29 is 19.2 Å². The Balaban J connectivity index is 2.49. The number of thioether (sulfide) groups is 1. The molecular formula is C11H13FN2O4S. The number of rotatable bonds is 7. The fourth-order valence-electron chi connectivity index (χ4n) is 1.35. The van der Waals surface area contributed by atoms with Crippen LogP contribution in [-0.2, 0) is 10.5 Å². The number of nitrogens with two attached hydrogens (primary N) is 1. The topological polar surface area (TPSA) is 106 Å². The monoisotopic (exact) mass is 288 g/mol. The van der Waals surface area contributed by atoms with E-state index in [0.29, 0.717) is 17.1 Å². The van der Waals surface area contributed by atoms with Crippen LogP contribution >= 0.6 is 11.8 Å². The second-order valence-electron chi connectivity index (χ2n) is 3.86. The van der Waals surface area contributed by atoms with Crippen molar-refractivity contribution in [2.75, 3.05) is 5.75 Å². The Morgan fingerprint density at radius 3 is 2.79 bits per heavy atom. The van der Waals surface area contributed by atoms with E-state index in [-0.39, 0.29) is 12.1 Å². The SMILES string of the molecule is NC(CCSCc1cc(F)cc([N+](=O)[O-])c1)C(=O)O. The van der Waals surface area contributed by atoms with Crippen molar-refractivity contribution in [1.29, 1.82) is 0 Å². The molecule has 0 saturated heterocycles. The summed E-state index contributed by atoms with van der Waals surface area (Å²) in [4.78, 5) is 20.4. The summed E-state index contributed by atoms with van der Waals surface area (Å²) < 4.78 is 13.1. The number of hydrogen-bond donors (Lipinski definition) is 2. The van der Waals surface area contributed by atoms with Crippen LogP contribution in [0.1, 0.15) is 12.0 Å². The van der Waals surface area contributed by atoms with Crippen LogP contribution in [0.25, 0.3) is 0 Å². The predicted octanol–water partition coefficient (Wildman–Crippen LogP) is 1.77. The number of non-ortho nitro benzene ring substituents is 1. The molecule has 0 heterocycles. The Morgan fingerprint density at radius 2 is 2.21 bits per heavy atom. The van der Waals surface area contributed by atoms with Gasteiger partial charge in [-0.05, 0) is 23.8 Å². The lowest BCUT2D eigenvalue weighted by molar-refractivity contribution is -0.385. The largest absolute Gasteiger partial charge is 0.480 e. The van der Waals surface area contributed by atoms with Crippen molar-refractivity contribution in [3.63, 3.8) is 0 Å². The summed E-state index contributed by atoms with van der Waals surface area (Å²) in [6, 6.07) is 2.45. The molecule has 0 aliphatic carbocycles. The van der Waals surface area contributed by atoms with Crippen molar-refractivity contribution in [2.24, 2.45) is 5.73 Å². The lowest BCUT2D eigenvalue weighted by Crippen LogP contribution is -2.30. The maximum Gasteiger partial charge on any atom is 0.320 e. The second-order valence-corrected chi connectivity index (χ2v) is 4.97. The van der Waals surface area contributed by atoms with Gasteiger partial charge in [0.05, 0.1) is 11.0 Å². The number of carboxylic acid groups (broad SMARTS) is 1. The summed E-state index contributed by atoms with van der Waals surface area (Å²) >= 11 is 1.35. The molecule has 3 N–H and O–H groups in total. The Hall–Kier alpha value is -1.67. The standard InChI is InChI=1S/C11H13FN2O4S/c12-8-3-7(4-9(5-8)14(17)18)6-19-2-1-10(13)11(15)16/h3-5,10H,1-2,6,13H2,(H,15,16). The quantitative estimate of drug-likeness (QED) is 0.450. The van der Waals surface area contributed by atoms with Crippen molar-refractivity contribution in [3.8, 4) is 0 Å². The maximum atomic E-state index is 13.1. The molecule has 0 spiro atoms. The van der Waals surface area contributed by atoms with Gasteiger partial charge in [-0.3, -0.25) is 14.9 Å². The summed E-state index contributed by atoms with van der Waals surface area (Å²) in [7, 11) is 0. The van der Waals surface area contributed by atoms with E-state index in [1.807, 2.05) is 0 Å². The number of nitrogens with zero attached hydrogens (tertiary/aromatic N) is 1. The summed E-state index contributed by atoms with van der Waals surface area (Å²) in [5, 5.41) is 19.1. The van der Waals surface area contributed by atoms with Gasteiger partial charge in [0.25, 0.3) is 5.69 Å². The van der Waals surface area contributed by atoms with E-state index in [1.165, 1.54) is 23.9 Å². The zero-order valence-corrected chi connectivity index (χ0v) is 10.7. The molecule has 0 fully saturated rings. The highest BCUT2D eigenvalue weighted by Crippen LogP contribution is 2.20. The first kappa shape index (κ1) is 15.4. The Bertz CT molecular complexity index is 484. The molecule has 0 radical (unpaired) electrons. The fourth-order valence-corrected chi connectivity index (χ4v) is 2.31. The van der Waals surface area contributed by atoms with Gasteiger partial charge in [-0.2, -0.15) is 11.8 Å². The van der Waals surface area contributed by atoms with Crippen LogP contribution in [-0.4, -0.2) is 27.8 Å². The second kappa shape index (κ2) is 7.05. The van der Waals surface area contributed by atoms with E-state index in [4.69, 9.17) is 10.8 Å². The van der Waals surface area contributed by atoms with Gasteiger partial charge in [0.1, 0.15) is 11.9 Å². The van der Waals surface area contributed by atoms with Gasteiger partial charge >= 0.3 is 5.97 Å². The molecule has 0 bridgehead atoms. The van der Waals surface area contributed by atoms with Gasteiger partial charge in [-0.25, -0.2) is 4.39 Å². The van der Waals surface area contributed by atoms with E-state index in [0.717, 1.165) is 6.07 Å². The smallest absolute Gasteiger partial charge is 0.320 e. The highest BCUT2D eigenvalue weighted by Gasteiger charge is 2.12. The molecule has 0 aliphatic rings. The minimum Gasteiger partial charge on any atom is -0.480 e. The number of aliphatic carboxylic acids is 1. The third-order valence-corrected chi connectivity index (χ3v) is 3.37. The summed E-state index contributed by atoms with van der Waals surface area (Å²) in [5.74, 6) is -0.878. The van der Waals surface area contributed by atoms with Crippen molar-refractivity contribution in [2.45, 2.75) is 18.2 Å². The molecule has 1 atom stereocenters. The number of carboxylic acids is 1. The van der Waals surface area contributed by atoms with Crippen molar-refractivity contribution in [1.82, 2.24) is 0 Å². The van der Waals surface area contributed by atoms with Gasteiger partial charge in [0.2, 0.25) is 0 Å². The zero-order chi connectivity index (χ0) is 14.4. The zero-order valence-electron chi connectivity index (χ0n) is 9.91. The molecule has 1 rings (SSSR count). The summed E-state index contributed by atoms with van der Waals surface area (Å²) in [6.45, 7) is 0. The van der Waals surface area contributed by atoms with E-state index in [2.05, 4.69) is 0 Å². The van der Waals surface area contributed by atoms with Gasteiger partial charge in [-0.1, -0.05) is 0 Å². The number of hydrogen-bond acceptors (Lipinski definition) is 5. The molecule has 0 aromatic heterocycles. The first-order chi connectivity index (χ1) is 8.90. The highest BCUT2D eigenvalue weighted by molar-refractivity contribution is 7.98. The minimum atomic E-state index is -1.07. The van der Waals surface area contributed by atoms with Gasteiger partial charge in [0.15, 0.2) is 0 Å². The van der Waals surface area contributed by atoms with E-state index >= 15 is 0 Å². The molecule has 0 amide bonds. The molecule has 1 aromatic rings. The average Bonchev–Trinajstić information content (AvgIpc) is 2.33. The minimum absolute atomic E-state index is 0.289. The number of benzene rings is 1. The van der Waals surface area contributed by atoms with E-state index < -0.39 is 22.8 Å². The Kier molecular flexibility index (Phi) is 5.71. The first-order valence-electron chi connectivity index (χ1n) is 5.40. The van der Waals surface area contributed by atoms with Gasteiger partial charge in [0, 0.05) is 11.8 Å². The van der Waals surface area contributed by atoms with Crippen LogP contribution in [0, 0.1) is 15.9 Å². The molecule has 0 aliphatic heterocycles. The summed E-state index contributed by atoms with van der Waals surface area (Å²) in [6.07, 6.45) is 0.289. The maximum absolute atomic E-state index is 13.1. The van der Waals surface area contributed by atoms with E-state index in [1.54, 1.807) is 0 Å². The van der Waals surface area contributed by atoms with Crippen molar-refractivity contribution in [3.05, 3.63) is 39.7 Å². The van der Waals surface area contributed by atoms with Crippen LogP contribution in [0.2, 0.25) is 0 Å². The fraction of sp³-hybridized carbons (Fsp3) is 0.364. The first-order valence-corrected chi connectivity index (χ1v) is 6.55. The Labute approximate surface area is 112 Å². The van der Waals surface area contributed by atoms with E-state index in [9.17, 15) is 19.3 Å². The van der Waals surface area contributed by atoms with Gasteiger partial charge < -0.3 is 10.8 Å². The lowest BCUT2D eigenvalue weighted by atomic mass is 10.2. The van der Waals surface area contributed by atoms with Crippen LogP contribution in [0.4, 0.5) is 10.1 Å². The highest BCUT2D eigenvalue weighted by atomic mass is 32.2. The van der Waals surface area contributed by atoms with Crippen LogP contribution in [0.15, 0.2) is 18.2 Å². The van der Waals surface area contributed by atoms with Crippen LogP contribution in [0.5, 0.6) is 0 Å². The molecule has 104 valence electrons. The molecule has 8 heteroatoms. The molecule has 6 nitrogen and oxygen atoms in total. The Morgan fingerprint density at radius 1 is 1.53 bits per heavy atom. The van der Waals surface area contributed by atoms with Gasteiger partial charge in [-0.15, -0.1) is 0 Å². The number of carbonyl (C=O) groups is 1. The average molecular weight is 288 g/mol. The molecular weight excluding hydrogens is 275 g/mol. The van der Waals surface area contributed by atoms with Crippen LogP contribution < -0.4 is 5.73 Å². The summed E-state index contributed by atoms with van der Waals surface area (Å²) in [5.41, 5.74) is 5.51. The molecule has 1 aromatic carbocycles. The molecule has 1 unspecified atom stereocenters. The number of nitro benzene ring substituents is 1. The third-order valence-electron chi connectivity index (χ3n) is 2.31. The van der Waals surface area contributed by atoms with Crippen molar-refractivity contribution >= 4 is 23.4 Å². The third kappa shape index (κ3) is 5.23. The molecule has 19 heavy (non-hydrogen) atoms. The number of halogens is 1. The lowest BCUT2D eigenvalue weighted by Gasteiger charge is -2.06.